The molecule has 1 aromatic rings. The number of esters is 1. The Morgan fingerprint density at radius 3 is 2.50 bits per heavy atom. The van der Waals surface area contributed by atoms with Crippen molar-refractivity contribution in [3.05, 3.63) is 23.3 Å². The van der Waals surface area contributed by atoms with Gasteiger partial charge in [0.1, 0.15) is 11.8 Å². The van der Waals surface area contributed by atoms with Crippen LogP contribution in [0.3, 0.4) is 0 Å². The van der Waals surface area contributed by atoms with Crippen LogP contribution in [0.1, 0.15) is 24.5 Å². The fourth-order valence-corrected chi connectivity index (χ4v) is 1.96. The van der Waals surface area contributed by atoms with Gasteiger partial charge in [0.25, 0.3) is 0 Å². The molecule has 100 valence electrons. The van der Waals surface area contributed by atoms with Crippen molar-refractivity contribution in [3.8, 4) is 5.75 Å². The van der Waals surface area contributed by atoms with E-state index in [2.05, 4.69) is 5.32 Å². The molecule has 4 heteroatoms. The molecule has 0 amide bonds. The molecule has 1 aromatic carbocycles. The van der Waals surface area contributed by atoms with Gasteiger partial charge in [0.15, 0.2) is 0 Å². The van der Waals surface area contributed by atoms with Crippen LogP contribution in [0.25, 0.3) is 0 Å². The first-order chi connectivity index (χ1) is 8.54. The molecule has 1 atom stereocenters. The lowest BCUT2D eigenvalue weighted by Gasteiger charge is -2.19. The molecule has 0 bridgehead atoms. The summed E-state index contributed by atoms with van der Waals surface area (Å²) in [6.07, 6.45) is 0.669. The molecule has 0 aliphatic carbocycles. The van der Waals surface area contributed by atoms with Gasteiger partial charge in [0.05, 0.1) is 14.2 Å². The number of anilines is 1. The van der Waals surface area contributed by atoms with E-state index in [0.717, 1.165) is 22.6 Å². The number of methoxy groups -OCH3 is 2. The minimum absolute atomic E-state index is 0.253. The van der Waals surface area contributed by atoms with Crippen LogP contribution in [0, 0.1) is 13.8 Å². The third-order valence-corrected chi connectivity index (χ3v) is 3.03. The molecule has 0 aromatic heterocycles. The SMILES string of the molecule is CCC(Nc1ccc(C)c(OC)c1C)C(=O)OC. The summed E-state index contributed by atoms with van der Waals surface area (Å²) in [5.74, 6) is 0.594. The van der Waals surface area contributed by atoms with Gasteiger partial charge < -0.3 is 14.8 Å². The molecule has 1 N–H and O–H groups in total. The summed E-state index contributed by atoms with van der Waals surface area (Å²) in [5, 5.41) is 3.20. The molecular weight excluding hydrogens is 230 g/mol. The van der Waals surface area contributed by atoms with Crippen molar-refractivity contribution in [1.29, 1.82) is 0 Å². The Kier molecular flexibility index (Phi) is 5.01. The Morgan fingerprint density at radius 2 is 2.00 bits per heavy atom. The number of carbonyl (C=O) groups is 1. The van der Waals surface area contributed by atoms with E-state index in [-0.39, 0.29) is 12.0 Å². The fourth-order valence-electron chi connectivity index (χ4n) is 1.96. The Labute approximate surface area is 108 Å². The predicted octanol–water partition coefficient (Wildman–Crippen LogP) is 2.68. The molecule has 0 aliphatic rings. The van der Waals surface area contributed by atoms with Crippen LogP contribution in [0.5, 0.6) is 5.75 Å². The molecule has 18 heavy (non-hydrogen) atoms. The number of hydrogen-bond donors (Lipinski definition) is 1. The van der Waals surface area contributed by atoms with Crippen molar-refractivity contribution in [2.24, 2.45) is 0 Å². The van der Waals surface area contributed by atoms with Crippen molar-refractivity contribution in [2.45, 2.75) is 33.2 Å². The minimum Gasteiger partial charge on any atom is -0.496 e. The first-order valence-electron chi connectivity index (χ1n) is 6.03. The monoisotopic (exact) mass is 251 g/mol. The molecule has 0 saturated heterocycles. The molecule has 0 radical (unpaired) electrons. The lowest BCUT2D eigenvalue weighted by atomic mass is 10.1. The summed E-state index contributed by atoms with van der Waals surface area (Å²) in [6.45, 7) is 5.90. The molecule has 0 saturated carbocycles. The maximum absolute atomic E-state index is 11.6. The van der Waals surface area contributed by atoms with Gasteiger partial charge in [-0.15, -0.1) is 0 Å². The topological polar surface area (TPSA) is 47.6 Å². The fraction of sp³-hybridized carbons (Fsp3) is 0.500. The quantitative estimate of drug-likeness (QED) is 0.817. The van der Waals surface area contributed by atoms with Gasteiger partial charge in [-0.25, -0.2) is 4.79 Å². The molecule has 1 rings (SSSR count). The molecular formula is C14H21NO3. The van der Waals surface area contributed by atoms with Gasteiger partial charge in [-0.3, -0.25) is 0 Å². The zero-order chi connectivity index (χ0) is 13.7. The van der Waals surface area contributed by atoms with Crippen LogP contribution < -0.4 is 10.1 Å². The smallest absolute Gasteiger partial charge is 0.328 e. The summed E-state index contributed by atoms with van der Waals surface area (Å²) in [4.78, 5) is 11.6. The highest BCUT2D eigenvalue weighted by atomic mass is 16.5. The van der Waals surface area contributed by atoms with Gasteiger partial charge in [0, 0.05) is 11.3 Å². The standard InChI is InChI=1S/C14H21NO3/c1-6-11(14(16)18-5)15-12-8-7-9(2)13(17-4)10(12)3/h7-8,11,15H,6H2,1-5H3. The van der Waals surface area contributed by atoms with Crippen LogP contribution in [0.2, 0.25) is 0 Å². The summed E-state index contributed by atoms with van der Waals surface area (Å²) >= 11 is 0. The summed E-state index contributed by atoms with van der Waals surface area (Å²) in [6, 6.07) is 3.60. The Balaban J connectivity index is 3.00. The second-order valence-electron chi connectivity index (χ2n) is 4.22. The molecule has 0 heterocycles. The van der Waals surface area contributed by atoms with Crippen LogP contribution >= 0.6 is 0 Å². The average molecular weight is 251 g/mol. The second-order valence-corrected chi connectivity index (χ2v) is 4.22. The second kappa shape index (κ2) is 6.28. The van der Waals surface area contributed by atoms with Crippen LogP contribution in [-0.2, 0) is 9.53 Å². The molecule has 0 spiro atoms. The van der Waals surface area contributed by atoms with E-state index in [1.54, 1.807) is 7.11 Å². The van der Waals surface area contributed by atoms with Crippen molar-refractivity contribution in [3.63, 3.8) is 0 Å². The number of aryl methyl sites for hydroxylation is 1. The molecule has 0 aliphatic heterocycles. The molecule has 4 nitrogen and oxygen atoms in total. The maximum Gasteiger partial charge on any atom is 0.328 e. The van der Waals surface area contributed by atoms with E-state index < -0.39 is 0 Å². The van der Waals surface area contributed by atoms with Crippen molar-refractivity contribution < 1.29 is 14.3 Å². The van der Waals surface area contributed by atoms with Gasteiger partial charge in [0.2, 0.25) is 0 Å². The number of benzene rings is 1. The zero-order valence-electron chi connectivity index (χ0n) is 11.7. The van der Waals surface area contributed by atoms with Crippen LogP contribution in [-0.4, -0.2) is 26.2 Å². The number of carbonyl (C=O) groups excluding carboxylic acids is 1. The highest BCUT2D eigenvalue weighted by Crippen LogP contribution is 2.29. The van der Waals surface area contributed by atoms with Crippen LogP contribution in [0.4, 0.5) is 5.69 Å². The van der Waals surface area contributed by atoms with E-state index in [1.165, 1.54) is 7.11 Å². The van der Waals surface area contributed by atoms with Crippen LogP contribution in [0.15, 0.2) is 12.1 Å². The largest absolute Gasteiger partial charge is 0.496 e. The number of rotatable bonds is 5. The van der Waals surface area contributed by atoms with Gasteiger partial charge >= 0.3 is 5.97 Å². The van der Waals surface area contributed by atoms with E-state index in [4.69, 9.17) is 9.47 Å². The Morgan fingerprint density at radius 1 is 1.33 bits per heavy atom. The summed E-state index contributed by atoms with van der Waals surface area (Å²) in [7, 11) is 3.05. The lowest BCUT2D eigenvalue weighted by Crippen LogP contribution is -2.30. The van der Waals surface area contributed by atoms with E-state index in [1.807, 2.05) is 32.9 Å². The third-order valence-electron chi connectivity index (χ3n) is 3.03. The van der Waals surface area contributed by atoms with Gasteiger partial charge in [-0.05, 0) is 31.9 Å². The third kappa shape index (κ3) is 2.94. The highest BCUT2D eigenvalue weighted by molar-refractivity contribution is 5.79. The minimum atomic E-state index is -0.332. The number of nitrogens with one attached hydrogen (secondary N) is 1. The van der Waals surface area contributed by atoms with Crippen molar-refractivity contribution >= 4 is 11.7 Å². The first kappa shape index (κ1) is 14.4. The normalized spacial score (nSPS) is 11.8. The van der Waals surface area contributed by atoms with E-state index in [0.29, 0.717) is 6.42 Å². The molecule has 0 fully saturated rings. The zero-order valence-corrected chi connectivity index (χ0v) is 11.7. The predicted molar refractivity (Wildman–Crippen MR) is 72.2 cm³/mol. The summed E-state index contributed by atoms with van der Waals surface area (Å²) < 4.78 is 10.1. The number of hydrogen-bond acceptors (Lipinski definition) is 4. The Hall–Kier alpha value is -1.71. The van der Waals surface area contributed by atoms with Gasteiger partial charge in [-0.2, -0.15) is 0 Å². The van der Waals surface area contributed by atoms with Gasteiger partial charge in [-0.1, -0.05) is 13.0 Å². The van der Waals surface area contributed by atoms with Crippen molar-refractivity contribution in [1.82, 2.24) is 0 Å². The summed E-state index contributed by atoms with van der Waals surface area (Å²) in [5.41, 5.74) is 2.97. The molecule has 1 unspecified atom stereocenters. The highest BCUT2D eigenvalue weighted by Gasteiger charge is 2.18. The Bertz CT molecular complexity index is 429. The lowest BCUT2D eigenvalue weighted by molar-refractivity contribution is -0.141. The van der Waals surface area contributed by atoms with E-state index >= 15 is 0 Å². The average Bonchev–Trinajstić information content (AvgIpc) is 2.38. The first-order valence-corrected chi connectivity index (χ1v) is 6.03. The number of ether oxygens (including phenoxy) is 2. The van der Waals surface area contributed by atoms with E-state index in [9.17, 15) is 4.79 Å². The van der Waals surface area contributed by atoms with Crippen molar-refractivity contribution in [2.75, 3.05) is 19.5 Å². The maximum atomic E-state index is 11.6.